The fourth-order valence-electron chi connectivity index (χ4n) is 3.55. The van der Waals surface area contributed by atoms with Crippen LogP contribution in [0.5, 0.6) is 0 Å². The van der Waals surface area contributed by atoms with Crippen LogP contribution in [0.4, 0.5) is 30.7 Å². The molecule has 2 heterocycles. The van der Waals surface area contributed by atoms with Gasteiger partial charge in [0.1, 0.15) is 0 Å². The molecule has 0 spiro atoms. The largest absolute Gasteiger partial charge is 0.435 e. The van der Waals surface area contributed by atoms with E-state index in [4.69, 9.17) is 16.4 Å². The molecule has 1 N–H and O–H groups in total. The molecular weight excluding hydrogens is 453 g/mol. The van der Waals surface area contributed by atoms with E-state index in [2.05, 4.69) is 10.5 Å². The molecule has 4 rings (SSSR count). The third kappa shape index (κ3) is 3.76. The SMILES string of the molecule is FC(F)(F)c1cc(Cl)cc(C2(C(F)(F)F)CC(c3ccc(C4(F)CNC4)cc3)=NO2)c1. The van der Waals surface area contributed by atoms with Crippen molar-refractivity contribution < 1.29 is 35.6 Å². The quantitative estimate of drug-likeness (QED) is 0.588. The van der Waals surface area contributed by atoms with Crippen LogP contribution < -0.4 is 5.32 Å². The Morgan fingerprint density at radius 2 is 1.58 bits per heavy atom. The molecule has 0 bridgehead atoms. The Morgan fingerprint density at radius 3 is 2.10 bits per heavy atom. The van der Waals surface area contributed by atoms with Gasteiger partial charge >= 0.3 is 12.4 Å². The number of rotatable bonds is 3. The minimum absolute atomic E-state index is 0.128. The second-order valence-corrected chi connectivity index (χ2v) is 7.94. The molecule has 2 aliphatic rings. The van der Waals surface area contributed by atoms with Gasteiger partial charge in [-0.05, 0) is 29.3 Å². The number of halogens is 8. The molecule has 3 nitrogen and oxygen atoms in total. The maximum atomic E-state index is 14.4. The van der Waals surface area contributed by atoms with Crippen LogP contribution in [-0.4, -0.2) is 25.0 Å². The Labute approximate surface area is 176 Å². The summed E-state index contributed by atoms with van der Waals surface area (Å²) in [5.41, 5.74) is -6.34. The predicted octanol–water partition coefficient (Wildman–Crippen LogP) is 5.71. The van der Waals surface area contributed by atoms with Crippen molar-refractivity contribution in [3.8, 4) is 0 Å². The highest BCUT2D eigenvalue weighted by Crippen LogP contribution is 2.50. The van der Waals surface area contributed by atoms with Crippen molar-refractivity contribution in [2.45, 2.75) is 30.0 Å². The van der Waals surface area contributed by atoms with Gasteiger partial charge in [-0.15, -0.1) is 0 Å². The minimum atomic E-state index is -5.09. The normalized spacial score (nSPS) is 23.2. The molecule has 1 saturated heterocycles. The summed E-state index contributed by atoms with van der Waals surface area (Å²) in [6.07, 6.45) is -10.9. The van der Waals surface area contributed by atoms with Crippen LogP contribution in [0.3, 0.4) is 0 Å². The van der Waals surface area contributed by atoms with E-state index in [-0.39, 0.29) is 24.4 Å². The molecule has 0 aromatic heterocycles. The molecule has 166 valence electrons. The molecule has 1 unspecified atom stereocenters. The monoisotopic (exact) mass is 466 g/mol. The van der Waals surface area contributed by atoms with E-state index in [1.54, 1.807) is 0 Å². The number of alkyl halides is 7. The topological polar surface area (TPSA) is 33.6 Å². The zero-order valence-corrected chi connectivity index (χ0v) is 16.3. The molecule has 0 amide bonds. The number of hydrogen-bond donors (Lipinski definition) is 1. The van der Waals surface area contributed by atoms with Crippen molar-refractivity contribution in [2.24, 2.45) is 5.16 Å². The Bertz CT molecular complexity index is 1030. The van der Waals surface area contributed by atoms with Crippen molar-refractivity contribution in [1.29, 1.82) is 0 Å². The molecule has 0 aliphatic carbocycles. The van der Waals surface area contributed by atoms with Crippen LogP contribution in [0.25, 0.3) is 0 Å². The second kappa shape index (κ2) is 7.09. The van der Waals surface area contributed by atoms with Crippen LogP contribution in [-0.2, 0) is 22.3 Å². The van der Waals surface area contributed by atoms with Gasteiger partial charge in [0.05, 0.1) is 11.3 Å². The summed E-state index contributed by atoms with van der Waals surface area (Å²) in [4.78, 5) is 4.76. The van der Waals surface area contributed by atoms with Gasteiger partial charge in [-0.25, -0.2) is 4.39 Å². The number of nitrogens with one attached hydrogen (secondary N) is 1. The van der Waals surface area contributed by atoms with Crippen LogP contribution in [0.15, 0.2) is 47.6 Å². The smallest absolute Gasteiger partial charge is 0.374 e. The minimum Gasteiger partial charge on any atom is -0.374 e. The standard InChI is InChI=1S/C20H14ClF7N2O/c21-15-6-13(5-14(7-15)19(23,24)25)18(20(26,27)28)8-16(30-31-18)11-1-3-12(4-2-11)17(22)9-29-10-17/h1-7,29H,8-10H2. The van der Waals surface area contributed by atoms with Crippen molar-refractivity contribution >= 4 is 17.3 Å². The number of hydrogen-bond acceptors (Lipinski definition) is 3. The van der Waals surface area contributed by atoms with Gasteiger partial charge in [-0.2, -0.15) is 26.3 Å². The van der Waals surface area contributed by atoms with Gasteiger partial charge in [-0.3, -0.25) is 0 Å². The molecule has 0 saturated carbocycles. The average Bonchev–Trinajstić information content (AvgIpc) is 3.12. The van der Waals surface area contributed by atoms with Crippen LogP contribution >= 0.6 is 11.6 Å². The summed E-state index contributed by atoms with van der Waals surface area (Å²) < 4.78 is 95.9. The Morgan fingerprint density at radius 1 is 0.935 bits per heavy atom. The molecular formula is C20H14ClF7N2O. The van der Waals surface area contributed by atoms with E-state index in [1.807, 2.05) is 0 Å². The van der Waals surface area contributed by atoms with Crippen LogP contribution in [0.1, 0.15) is 28.7 Å². The Hall–Kier alpha value is -2.33. The Balaban J connectivity index is 1.68. The van der Waals surface area contributed by atoms with E-state index < -0.39 is 46.2 Å². The zero-order chi connectivity index (χ0) is 22.7. The highest BCUT2D eigenvalue weighted by atomic mass is 35.5. The van der Waals surface area contributed by atoms with Gasteiger partial charge in [-0.1, -0.05) is 41.0 Å². The summed E-state index contributed by atoms with van der Waals surface area (Å²) in [6, 6.07) is 7.36. The summed E-state index contributed by atoms with van der Waals surface area (Å²) >= 11 is 5.68. The van der Waals surface area contributed by atoms with E-state index in [9.17, 15) is 30.7 Å². The van der Waals surface area contributed by atoms with Crippen molar-refractivity contribution in [3.63, 3.8) is 0 Å². The first-order chi connectivity index (χ1) is 14.3. The first-order valence-corrected chi connectivity index (χ1v) is 9.42. The van der Waals surface area contributed by atoms with Crippen molar-refractivity contribution in [1.82, 2.24) is 5.32 Å². The Kier molecular flexibility index (Phi) is 5.01. The highest BCUT2D eigenvalue weighted by molar-refractivity contribution is 6.30. The van der Waals surface area contributed by atoms with E-state index in [1.165, 1.54) is 24.3 Å². The summed E-state index contributed by atoms with van der Waals surface area (Å²) in [7, 11) is 0. The number of nitrogens with zero attached hydrogens (tertiary/aromatic N) is 1. The third-order valence-electron chi connectivity index (χ3n) is 5.42. The number of oxime groups is 1. The second-order valence-electron chi connectivity index (χ2n) is 7.50. The summed E-state index contributed by atoms with van der Waals surface area (Å²) in [5.74, 6) is 0. The lowest BCUT2D eigenvalue weighted by Gasteiger charge is -2.35. The average molecular weight is 467 g/mol. The van der Waals surface area contributed by atoms with E-state index in [0.29, 0.717) is 17.7 Å². The third-order valence-corrected chi connectivity index (χ3v) is 5.64. The van der Waals surface area contributed by atoms with Crippen LogP contribution in [0, 0.1) is 0 Å². The van der Waals surface area contributed by atoms with E-state index in [0.717, 1.165) is 6.07 Å². The lowest BCUT2D eigenvalue weighted by molar-refractivity contribution is -0.276. The maximum Gasteiger partial charge on any atom is 0.435 e. The molecule has 1 atom stereocenters. The molecule has 2 aromatic carbocycles. The summed E-state index contributed by atoms with van der Waals surface area (Å²) in [6.45, 7) is 0.258. The van der Waals surface area contributed by atoms with E-state index >= 15 is 0 Å². The molecule has 1 fully saturated rings. The lowest BCUT2D eigenvalue weighted by Crippen LogP contribution is -2.53. The maximum absolute atomic E-state index is 14.4. The zero-order valence-electron chi connectivity index (χ0n) is 15.5. The molecule has 2 aromatic rings. The fraction of sp³-hybridized carbons (Fsp3) is 0.350. The van der Waals surface area contributed by atoms with Crippen molar-refractivity contribution in [3.05, 3.63) is 69.7 Å². The van der Waals surface area contributed by atoms with Gasteiger partial charge < -0.3 is 10.2 Å². The predicted molar refractivity (Wildman–Crippen MR) is 98.5 cm³/mol. The van der Waals surface area contributed by atoms with Crippen LogP contribution in [0.2, 0.25) is 5.02 Å². The van der Waals surface area contributed by atoms with Crippen molar-refractivity contribution in [2.75, 3.05) is 13.1 Å². The molecule has 2 aliphatic heterocycles. The fourth-order valence-corrected chi connectivity index (χ4v) is 3.79. The van der Waals surface area contributed by atoms with Gasteiger partial charge in [0.2, 0.25) is 0 Å². The van der Waals surface area contributed by atoms with Gasteiger partial charge in [0, 0.05) is 30.1 Å². The summed E-state index contributed by atoms with van der Waals surface area (Å²) in [5, 5.41) is 5.80. The first kappa shape index (κ1) is 21.9. The van der Waals surface area contributed by atoms with Gasteiger partial charge in [0.25, 0.3) is 5.60 Å². The molecule has 0 radical (unpaired) electrons. The first-order valence-electron chi connectivity index (χ1n) is 9.05. The highest BCUT2D eigenvalue weighted by Gasteiger charge is 2.62. The molecule has 31 heavy (non-hydrogen) atoms. The number of benzene rings is 2. The molecule has 11 heteroatoms. The lowest BCUT2D eigenvalue weighted by atomic mass is 9.85. The van der Waals surface area contributed by atoms with Gasteiger partial charge in [0.15, 0.2) is 5.67 Å².